The first-order valence-electron chi connectivity index (χ1n) is 8.73. The zero-order chi connectivity index (χ0) is 21.9. The van der Waals surface area contributed by atoms with Gasteiger partial charge in [0.1, 0.15) is 5.60 Å². The predicted octanol–water partition coefficient (Wildman–Crippen LogP) is 0.861. The Labute approximate surface area is 169 Å². The molecule has 0 saturated heterocycles. The molecule has 0 radical (unpaired) electrons. The minimum atomic E-state index is -3.77. The summed E-state index contributed by atoms with van der Waals surface area (Å²) in [5.74, 6) is 9.78. The van der Waals surface area contributed by atoms with Gasteiger partial charge in [-0.05, 0) is 57.2 Å². The van der Waals surface area contributed by atoms with Crippen molar-refractivity contribution in [1.82, 2.24) is 15.3 Å². The molecule has 0 aliphatic heterocycles. The fourth-order valence-corrected chi connectivity index (χ4v) is 3.31. The van der Waals surface area contributed by atoms with Crippen molar-refractivity contribution in [3.05, 3.63) is 30.0 Å². The van der Waals surface area contributed by atoms with Crippen LogP contribution in [0.4, 0.5) is 0 Å². The number of aromatic nitrogens is 2. The van der Waals surface area contributed by atoms with Crippen LogP contribution in [-0.4, -0.2) is 51.0 Å². The number of aliphatic hydroxyl groups is 1. The minimum Gasteiger partial charge on any atom is -0.378 e. The molecule has 0 saturated carbocycles. The molecule has 1 heterocycles. The molecular weight excluding hydrogens is 394 g/mol. The van der Waals surface area contributed by atoms with Crippen molar-refractivity contribution in [2.75, 3.05) is 6.26 Å². The molecule has 1 aromatic heterocycles. The topological polar surface area (TPSA) is 122 Å². The van der Waals surface area contributed by atoms with E-state index in [9.17, 15) is 18.3 Å². The number of aryl methyl sites for hydroxylation is 1. The highest BCUT2D eigenvalue weighted by Gasteiger charge is 2.43. The van der Waals surface area contributed by atoms with Crippen molar-refractivity contribution in [1.29, 1.82) is 0 Å². The number of amides is 1. The average Bonchev–Trinajstić information content (AvgIpc) is 3.03. The Morgan fingerprint density at radius 1 is 1.28 bits per heavy atom. The van der Waals surface area contributed by atoms with Gasteiger partial charge in [0, 0.05) is 29.9 Å². The molecule has 3 N–H and O–H groups in total. The molecular formula is C20H23N3O5S. The number of rotatable bonds is 5. The number of sulfone groups is 1. The van der Waals surface area contributed by atoms with E-state index in [1.54, 1.807) is 36.9 Å². The molecule has 0 unspecified atom stereocenters. The van der Waals surface area contributed by atoms with E-state index in [1.807, 2.05) is 6.07 Å². The number of carbonyl (C=O) groups excluding carboxylic acids is 1. The molecule has 154 valence electrons. The number of carbonyl (C=O) groups is 1. The van der Waals surface area contributed by atoms with Crippen LogP contribution in [0, 0.1) is 23.7 Å². The molecule has 1 amide bonds. The highest BCUT2D eigenvalue weighted by Crippen LogP contribution is 2.23. The highest BCUT2D eigenvalue weighted by atomic mass is 32.2. The molecule has 2 aromatic rings. The molecule has 0 aliphatic carbocycles. The summed E-state index contributed by atoms with van der Waals surface area (Å²) < 4.78 is 23.8. The van der Waals surface area contributed by atoms with Crippen LogP contribution < -0.4 is 5.48 Å². The third kappa shape index (κ3) is 5.58. The van der Waals surface area contributed by atoms with Gasteiger partial charge in [-0.1, -0.05) is 11.8 Å². The fourth-order valence-electron chi connectivity index (χ4n) is 2.47. The Morgan fingerprint density at radius 2 is 1.97 bits per heavy atom. The monoisotopic (exact) mass is 417 g/mol. The van der Waals surface area contributed by atoms with Gasteiger partial charge in [-0.15, -0.1) is 0 Å². The predicted molar refractivity (Wildman–Crippen MR) is 108 cm³/mol. The fraction of sp³-hybridized carbons (Fsp3) is 0.400. The Kier molecular flexibility index (Phi) is 6.39. The Balaban J connectivity index is 2.23. The minimum absolute atomic E-state index is 0.0641. The molecule has 2 rings (SSSR count). The smallest absolute Gasteiger partial charge is 0.264 e. The lowest BCUT2D eigenvalue weighted by molar-refractivity contribution is -0.131. The van der Waals surface area contributed by atoms with Gasteiger partial charge in [-0.25, -0.2) is 13.9 Å². The number of hydrogen-bond acceptors (Lipinski definition) is 6. The Bertz CT molecular complexity index is 1150. The number of fused-ring (bicyclic) bond motifs is 1. The largest absolute Gasteiger partial charge is 0.378 e. The SMILES string of the molecule is CC(C)(O)C#CC#Cc1ccc2nn(CC[C@](C)(C(=O)NO)S(C)(=O)=O)cc2c1. The van der Waals surface area contributed by atoms with Crippen molar-refractivity contribution in [2.24, 2.45) is 0 Å². The maximum absolute atomic E-state index is 12.0. The first-order valence-corrected chi connectivity index (χ1v) is 10.6. The van der Waals surface area contributed by atoms with Gasteiger partial charge in [0.05, 0.1) is 5.52 Å². The third-order valence-electron chi connectivity index (χ3n) is 4.41. The number of nitrogens with zero attached hydrogens (tertiary/aromatic N) is 2. The van der Waals surface area contributed by atoms with Crippen molar-refractivity contribution in [2.45, 2.75) is 44.1 Å². The molecule has 1 aromatic carbocycles. The van der Waals surface area contributed by atoms with Crippen LogP contribution >= 0.6 is 0 Å². The normalized spacial score (nSPS) is 13.6. The number of benzene rings is 1. The molecule has 0 fully saturated rings. The van der Waals surface area contributed by atoms with Crippen LogP contribution in [-0.2, 0) is 21.2 Å². The zero-order valence-electron chi connectivity index (χ0n) is 16.6. The van der Waals surface area contributed by atoms with Crippen LogP contribution in [0.2, 0.25) is 0 Å². The molecule has 0 aliphatic rings. The number of nitrogens with one attached hydrogen (secondary N) is 1. The van der Waals surface area contributed by atoms with E-state index in [4.69, 9.17) is 5.21 Å². The summed E-state index contributed by atoms with van der Waals surface area (Å²) in [5.41, 5.74) is 1.72. The van der Waals surface area contributed by atoms with Crippen LogP contribution in [0.15, 0.2) is 24.4 Å². The first kappa shape index (κ1) is 22.4. The standard InChI is InChI=1S/C20H23N3O5S/c1-19(2,25)10-6-5-7-15-8-9-17-16(13-15)14-23(21-17)12-11-20(3,18(24)22-26)29(4,27)28/h8-9,13-14,25-26H,11-12H2,1-4H3,(H,22,24)/t20-/m1/s1. The van der Waals surface area contributed by atoms with Crippen LogP contribution in [0.1, 0.15) is 32.8 Å². The van der Waals surface area contributed by atoms with Gasteiger partial charge in [0.15, 0.2) is 14.6 Å². The van der Waals surface area contributed by atoms with Gasteiger partial charge in [0.2, 0.25) is 0 Å². The average molecular weight is 417 g/mol. The van der Waals surface area contributed by atoms with E-state index in [0.717, 1.165) is 11.6 Å². The van der Waals surface area contributed by atoms with E-state index in [1.165, 1.54) is 12.4 Å². The van der Waals surface area contributed by atoms with E-state index in [0.29, 0.717) is 11.1 Å². The zero-order valence-corrected chi connectivity index (χ0v) is 17.5. The van der Waals surface area contributed by atoms with Crippen molar-refractivity contribution in [3.63, 3.8) is 0 Å². The van der Waals surface area contributed by atoms with Gasteiger partial charge in [-0.3, -0.25) is 14.7 Å². The van der Waals surface area contributed by atoms with Crippen LogP contribution in [0.25, 0.3) is 10.9 Å². The summed E-state index contributed by atoms with van der Waals surface area (Å²) in [7, 11) is -3.77. The maximum Gasteiger partial charge on any atom is 0.264 e. The van der Waals surface area contributed by atoms with E-state index < -0.39 is 26.1 Å². The molecule has 0 spiro atoms. The molecule has 29 heavy (non-hydrogen) atoms. The maximum atomic E-state index is 12.0. The van der Waals surface area contributed by atoms with Crippen molar-refractivity contribution < 1.29 is 23.5 Å². The summed E-state index contributed by atoms with van der Waals surface area (Å²) in [6, 6.07) is 5.36. The summed E-state index contributed by atoms with van der Waals surface area (Å²) in [6.07, 6.45) is 2.61. The third-order valence-corrected chi connectivity index (χ3v) is 6.43. The second-order valence-electron chi connectivity index (χ2n) is 7.42. The molecule has 0 bridgehead atoms. The van der Waals surface area contributed by atoms with Gasteiger partial charge >= 0.3 is 0 Å². The second-order valence-corrected chi connectivity index (χ2v) is 9.86. The van der Waals surface area contributed by atoms with E-state index in [-0.39, 0.29) is 13.0 Å². The van der Waals surface area contributed by atoms with Crippen molar-refractivity contribution in [3.8, 4) is 23.7 Å². The highest BCUT2D eigenvalue weighted by molar-refractivity contribution is 7.92. The molecule has 8 nitrogen and oxygen atoms in total. The quantitative estimate of drug-likeness (QED) is 0.377. The van der Waals surface area contributed by atoms with Crippen molar-refractivity contribution >= 4 is 26.6 Å². The Morgan fingerprint density at radius 3 is 2.55 bits per heavy atom. The van der Waals surface area contributed by atoms with E-state index in [2.05, 4.69) is 28.8 Å². The van der Waals surface area contributed by atoms with E-state index >= 15 is 0 Å². The second kappa shape index (κ2) is 8.26. The summed E-state index contributed by atoms with van der Waals surface area (Å²) in [4.78, 5) is 11.9. The van der Waals surface area contributed by atoms with Crippen LogP contribution in [0.5, 0.6) is 0 Å². The number of hydrogen-bond donors (Lipinski definition) is 3. The van der Waals surface area contributed by atoms with Gasteiger partial charge < -0.3 is 5.11 Å². The lowest BCUT2D eigenvalue weighted by Crippen LogP contribution is -2.49. The summed E-state index contributed by atoms with van der Waals surface area (Å²) in [6.45, 7) is 4.56. The number of hydroxylamine groups is 1. The molecule has 9 heteroatoms. The Hall–Kier alpha value is -2.85. The lowest BCUT2D eigenvalue weighted by Gasteiger charge is -2.24. The van der Waals surface area contributed by atoms with Crippen LogP contribution in [0.3, 0.4) is 0 Å². The summed E-state index contributed by atoms with van der Waals surface area (Å²) >= 11 is 0. The van der Waals surface area contributed by atoms with Gasteiger partial charge in [-0.2, -0.15) is 5.10 Å². The molecule has 1 atom stereocenters. The lowest BCUT2D eigenvalue weighted by atomic mass is 10.1. The first-order chi connectivity index (χ1) is 13.4. The van der Waals surface area contributed by atoms with Gasteiger partial charge in [0.25, 0.3) is 5.91 Å². The summed E-state index contributed by atoms with van der Waals surface area (Å²) in [5, 5.41) is 23.6.